The molecule has 0 spiro atoms. The zero-order valence-electron chi connectivity index (χ0n) is 16.5. The van der Waals surface area contributed by atoms with Gasteiger partial charge in [-0.25, -0.2) is 14.8 Å². The summed E-state index contributed by atoms with van der Waals surface area (Å²) in [4.78, 5) is 23.5. The number of aromatic nitrogens is 3. The molecule has 1 amide bonds. The van der Waals surface area contributed by atoms with Crippen LogP contribution in [0.25, 0.3) is 28.2 Å². The molecule has 1 aliphatic rings. The number of fused-ring (bicyclic) bond motifs is 4. The van der Waals surface area contributed by atoms with E-state index in [1.807, 2.05) is 36.4 Å². The molecular weight excluding hydrogens is 412 g/mol. The van der Waals surface area contributed by atoms with Gasteiger partial charge in [0, 0.05) is 24.2 Å². The largest absolute Gasteiger partial charge is 0.449 e. The summed E-state index contributed by atoms with van der Waals surface area (Å²) in [6, 6.07) is 16.5. The first kappa shape index (κ1) is 19.3. The first-order valence-corrected chi connectivity index (χ1v) is 10.3. The Balaban J connectivity index is 1.19. The highest BCUT2D eigenvalue weighted by atomic mass is 35.5. The lowest BCUT2D eigenvalue weighted by molar-refractivity contribution is 0.144. The smallest absolute Gasteiger partial charge is 0.407 e. The minimum absolute atomic E-state index is 0.0457. The van der Waals surface area contributed by atoms with Gasteiger partial charge >= 0.3 is 6.09 Å². The highest BCUT2D eigenvalue weighted by Gasteiger charge is 2.28. The van der Waals surface area contributed by atoms with Crippen molar-refractivity contribution >= 4 is 34.8 Å². The summed E-state index contributed by atoms with van der Waals surface area (Å²) in [5.74, 6) is 0.0457. The Kier molecular flexibility index (Phi) is 5.14. The van der Waals surface area contributed by atoms with Crippen LogP contribution in [0.1, 0.15) is 22.6 Å². The van der Waals surface area contributed by atoms with Crippen molar-refractivity contribution in [2.75, 3.05) is 13.2 Å². The van der Waals surface area contributed by atoms with E-state index in [2.05, 4.69) is 44.5 Å². The number of hydrogen-bond acceptors (Lipinski definition) is 4. The maximum absolute atomic E-state index is 12.2. The molecule has 7 heteroatoms. The number of H-pyrrole nitrogens is 1. The van der Waals surface area contributed by atoms with Gasteiger partial charge in [-0.2, -0.15) is 0 Å². The van der Waals surface area contributed by atoms with E-state index in [0.29, 0.717) is 23.8 Å². The molecule has 2 aromatic carbocycles. The lowest BCUT2D eigenvalue weighted by atomic mass is 9.98. The normalized spacial score (nSPS) is 12.8. The fourth-order valence-electron chi connectivity index (χ4n) is 4.03. The standard InChI is InChI=1S/C24H19ClN4O2/c25-23-22-21(28-14-29-23)15(12-27-22)6-5-11-26-24(30)31-13-20-18-9-3-1-7-16(18)17-8-2-4-10-19(17)20/h1-10,12,14,20,27H,11,13H2,(H,26,30). The number of carbonyl (C=O) groups excluding carboxylic acids is 1. The van der Waals surface area contributed by atoms with Crippen LogP contribution in [0.5, 0.6) is 0 Å². The molecule has 4 aromatic rings. The van der Waals surface area contributed by atoms with Gasteiger partial charge in [-0.3, -0.25) is 0 Å². The summed E-state index contributed by atoms with van der Waals surface area (Å²) in [6.45, 7) is 0.629. The van der Waals surface area contributed by atoms with E-state index >= 15 is 0 Å². The van der Waals surface area contributed by atoms with E-state index in [1.165, 1.54) is 28.6 Å². The summed E-state index contributed by atoms with van der Waals surface area (Å²) in [7, 11) is 0. The SMILES string of the molecule is O=C(NCC=Cc1c[nH]c2c(Cl)ncnc12)OCC1c2ccccc2-c2ccccc21. The van der Waals surface area contributed by atoms with Crippen LogP contribution in [-0.2, 0) is 4.74 Å². The van der Waals surface area contributed by atoms with E-state index < -0.39 is 6.09 Å². The monoisotopic (exact) mass is 430 g/mol. The van der Waals surface area contributed by atoms with Crippen molar-refractivity contribution in [1.29, 1.82) is 0 Å². The van der Waals surface area contributed by atoms with Crippen LogP contribution in [0.4, 0.5) is 4.79 Å². The van der Waals surface area contributed by atoms with Gasteiger partial charge in [0.2, 0.25) is 0 Å². The van der Waals surface area contributed by atoms with Crippen molar-refractivity contribution in [2.45, 2.75) is 5.92 Å². The van der Waals surface area contributed by atoms with Crippen molar-refractivity contribution < 1.29 is 9.53 Å². The highest BCUT2D eigenvalue weighted by Crippen LogP contribution is 2.44. The average Bonchev–Trinajstić information content (AvgIpc) is 3.35. The molecule has 2 aromatic heterocycles. The van der Waals surface area contributed by atoms with Crippen molar-refractivity contribution in [1.82, 2.24) is 20.3 Å². The Morgan fingerprint density at radius 2 is 1.81 bits per heavy atom. The number of rotatable bonds is 5. The third-order valence-electron chi connectivity index (χ3n) is 5.45. The number of aromatic amines is 1. The van der Waals surface area contributed by atoms with E-state index in [4.69, 9.17) is 16.3 Å². The van der Waals surface area contributed by atoms with Gasteiger partial charge < -0.3 is 15.0 Å². The molecule has 0 fully saturated rings. The quantitative estimate of drug-likeness (QED) is 0.428. The fourth-order valence-corrected chi connectivity index (χ4v) is 4.22. The van der Waals surface area contributed by atoms with Crippen LogP contribution in [0.3, 0.4) is 0 Å². The topological polar surface area (TPSA) is 79.9 Å². The summed E-state index contributed by atoms with van der Waals surface area (Å²) in [6.07, 6.45) is 6.47. The molecule has 0 saturated heterocycles. The molecular formula is C24H19ClN4O2. The summed E-state index contributed by atoms with van der Waals surface area (Å²) in [5.41, 5.74) is 7.09. The molecule has 154 valence electrons. The second kappa shape index (κ2) is 8.24. The van der Waals surface area contributed by atoms with Gasteiger partial charge in [-0.1, -0.05) is 72.3 Å². The van der Waals surface area contributed by atoms with Crippen LogP contribution < -0.4 is 5.32 Å². The van der Waals surface area contributed by atoms with Crippen LogP contribution in [0.2, 0.25) is 5.15 Å². The minimum Gasteiger partial charge on any atom is -0.449 e. The molecule has 31 heavy (non-hydrogen) atoms. The van der Waals surface area contributed by atoms with Gasteiger partial charge in [0.15, 0.2) is 5.15 Å². The lowest BCUT2D eigenvalue weighted by Gasteiger charge is -2.14. The summed E-state index contributed by atoms with van der Waals surface area (Å²) >= 11 is 6.05. The Labute approximate surface area is 183 Å². The molecule has 1 aliphatic carbocycles. The molecule has 5 rings (SSSR count). The van der Waals surface area contributed by atoms with Crippen molar-refractivity contribution in [3.63, 3.8) is 0 Å². The van der Waals surface area contributed by atoms with Gasteiger partial charge in [0.25, 0.3) is 0 Å². The molecule has 2 N–H and O–H groups in total. The maximum atomic E-state index is 12.2. The molecule has 0 bridgehead atoms. The number of nitrogens with zero attached hydrogens (tertiary/aromatic N) is 2. The van der Waals surface area contributed by atoms with E-state index in [0.717, 1.165) is 11.1 Å². The number of amides is 1. The number of alkyl carbamates (subject to hydrolysis) is 1. The number of carbonyl (C=O) groups is 1. The molecule has 0 atom stereocenters. The third-order valence-corrected chi connectivity index (χ3v) is 5.74. The van der Waals surface area contributed by atoms with Crippen LogP contribution >= 0.6 is 11.6 Å². The van der Waals surface area contributed by atoms with Crippen LogP contribution in [0, 0.1) is 0 Å². The highest BCUT2D eigenvalue weighted by molar-refractivity contribution is 6.33. The average molecular weight is 431 g/mol. The Morgan fingerprint density at radius 1 is 1.10 bits per heavy atom. The van der Waals surface area contributed by atoms with Gasteiger partial charge in [0.1, 0.15) is 24.0 Å². The van der Waals surface area contributed by atoms with Crippen molar-refractivity contribution in [2.24, 2.45) is 0 Å². The van der Waals surface area contributed by atoms with E-state index in [1.54, 1.807) is 6.20 Å². The second-order valence-corrected chi connectivity index (χ2v) is 7.60. The summed E-state index contributed by atoms with van der Waals surface area (Å²) in [5, 5.41) is 3.14. The number of hydrogen-bond donors (Lipinski definition) is 2. The Hall–Kier alpha value is -3.64. The molecule has 6 nitrogen and oxygen atoms in total. The predicted molar refractivity (Wildman–Crippen MR) is 121 cm³/mol. The van der Waals surface area contributed by atoms with Gasteiger partial charge in [-0.15, -0.1) is 0 Å². The fraction of sp³-hybridized carbons (Fsp3) is 0.125. The maximum Gasteiger partial charge on any atom is 0.407 e. The Bertz CT molecular complexity index is 1250. The zero-order valence-corrected chi connectivity index (χ0v) is 17.3. The van der Waals surface area contributed by atoms with Gasteiger partial charge in [0.05, 0.1) is 0 Å². The van der Waals surface area contributed by atoms with E-state index in [-0.39, 0.29) is 5.92 Å². The second-order valence-electron chi connectivity index (χ2n) is 7.24. The molecule has 0 saturated carbocycles. The molecule has 0 aliphatic heterocycles. The number of nitrogens with one attached hydrogen (secondary N) is 2. The predicted octanol–water partition coefficient (Wildman–Crippen LogP) is 5.16. The summed E-state index contributed by atoms with van der Waals surface area (Å²) < 4.78 is 5.53. The third kappa shape index (κ3) is 3.66. The van der Waals surface area contributed by atoms with Crippen LogP contribution in [-0.4, -0.2) is 34.2 Å². The molecule has 0 radical (unpaired) electrons. The van der Waals surface area contributed by atoms with Crippen molar-refractivity contribution in [3.8, 4) is 11.1 Å². The molecule has 0 unspecified atom stereocenters. The zero-order chi connectivity index (χ0) is 21.2. The van der Waals surface area contributed by atoms with E-state index in [9.17, 15) is 4.79 Å². The van der Waals surface area contributed by atoms with Crippen LogP contribution in [0.15, 0.2) is 67.1 Å². The number of benzene rings is 2. The first-order valence-electron chi connectivity index (χ1n) is 9.95. The molecule has 2 heterocycles. The number of ether oxygens (including phenoxy) is 1. The minimum atomic E-state index is -0.448. The Morgan fingerprint density at radius 3 is 2.55 bits per heavy atom. The van der Waals surface area contributed by atoms with Crippen molar-refractivity contribution in [3.05, 3.63) is 89.0 Å². The van der Waals surface area contributed by atoms with Gasteiger partial charge in [-0.05, 0) is 22.3 Å². The lowest BCUT2D eigenvalue weighted by Crippen LogP contribution is -2.26. The number of halogens is 1. The first-order chi connectivity index (χ1) is 15.2.